The Morgan fingerprint density at radius 3 is 2.67 bits per heavy atom. The second-order valence-corrected chi connectivity index (χ2v) is 5.26. The van der Waals surface area contributed by atoms with E-state index in [-0.39, 0.29) is 36.1 Å². The maximum atomic E-state index is 12.0. The average Bonchev–Trinajstić information content (AvgIpc) is 2.53. The van der Waals surface area contributed by atoms with E-state index in [0.29, 0.717) is 10.6 Å². The van der Waals surface area contributed by atoms with Crippen molar-refractivity contribution in [3.63, 3.8) is 0 Å². The van der Waals surface area contributed by atoms with E-state index in [1.54, 1.807) is 6.92 Å². The van der Waals surface area contributed by atoms with Crippen LogP contribution in [0, 0.1) is 0 Å². The van der Waals surface area contributed by atoms with Crippen LogP contribution in [0.15, 0.2) is 11.6 Å². The van der Waals surface area contributed by atoms with Gasteiger partial charge in [-0.3, -0.25) is 9.63 Å². The van der Waals surface area contributed by atoms with E-state index >= 15 is 0 Å². The summed E-state index contributed by atoms with van der Waals surface area (Å²) in [6, 6.07) is -2.56. The Kier molecular flexibility index (Phi) is 5.77. The molecule has 0 aromatic heterocycles. The number of hydroxylamine groups is 3. The summed E-state index contributed by atoms with van der Waals surface area (Å²) in [6.45, 7) is 1.63. The number of fused-ring (bicyclic) bond motifs is 2. The van der Waals surface area contributed by atoms with Crippen molar-refractivity contribution in [3.05, 3.63) is 11.6 Å². The van der Waals surface area contributed by atoms with Gasteiger partial charge in [0.05, 0.1) is 19.7 Å². The van der Waals surface area contributed by atoms with Gasteiger partial charge in [0.2, 0.25) is 10.4 Å². The summed E-state index contributed by atoms with van der Waals surface area (Å²) in [6.07, 6.45) is 1.49. The maximum absolute atomic E-state index is 12.0. The van der Waals surface area contributed by atoms with Gasteiger partial charge >= 0.3 is 35.6 Å². The number of amides is 3. The van der Waals surface area contributed by atoms with Gasteiger partial charge in [-0.1, -0.05) is 6.08 Å². The minimum Gasteiger partial charge on any atom is -0.724 e. The second-order valence-electron chi connectivity index (χ2n) is 4.29. The predicted molar refractivity (Wildman–Crippen MR) is 61.2 cm³/mol. The van der Waals surface area contributed by atoms with E-state index in [2.05, 4.69) is 14.6 Å². The van der Waals surface area contributed by atoms with Crippen molar-refractivity contribution in [3.8, 4) is 0 Å². The van der Waals surface area contributed by atoms with E-state index in [1.807, 2.05) is 0 Å². The van der Waals surface area contributed by atoms with E-state index in [9.17, 15) is 22.6 Å². The molecule has 2 rings (SSSR count). The van der Waals surface area contributed by atoms with Crippen molar-refractivity contribution in [2.45, 2.75) is 19.0 Å². The normalized spacial score (nSPS) is 24.5. The maximum Gasteiger partial charge on any atom is 1.00 e. The van der Waals surface area contributed by atoms with E-state index in [0.717, 1.165) is 4.90 Å². The number of urea groups is 1. The molecule has 1 saturated heterocycles. The van der Waals surface area contributed by atoms with Crippen LogP contribution in [0.25, 0.3) is 0 Å². The van der Waals surface area contributed by atoms with Crippen LogP contribution in [0.5, 0.6) is 0 Å². The third kappa shape index (κ3) is 3.74. The average molecular weight is 329 g/mol. The van der Waals surface area contributed by atoms with Crippen LogP contribution in [0.2, 0.25) is 0 Å². The van der Waals surface area contributed by atoms with Crippen molar-refractivity contribution < 1.29 is 61.2 Å². The summed E-state index contributed by atoms with van der Waals surface area (Å²) in [5.41, 5.74) is 2.61. The Labute approximate surface area is 143 Å². The summed E-state index contributed by atoms with van der Waals surface area (Å²) < 4.78 is 35.9. The zero-order valence-corrected chi connectivity index (χ0v) is 14.4. The summed E-state index contributed by atoms with van der Waals surface area (Å²) in [5, 5.41) is 0.450. The molecule has 2 atom stereocenters. The molecule has 10 nitrogen and oxygen atoms in total. The number of hydrogen-bond acceptors (Lipinski definition) is 7. The van der Waals surface area contributed by atoms with E-state index < -0.39 is 34.4 Å². The van der Waals surface area contributed by atoms with Gasteiger partial charge in [0, 0.05) is 0 Å². The van der Waals surface area contributed by atoms with Gasteiger partial charge in [-0.25, -0.2) is 18.7 Å². The van der Waals surface area contributed by atoms with Crippen molar-refractivity contribution in [1.82, 2.24) is 15.4 Å². The van der Waals surface area contributed by atoms with Crippen molar-refractivity contribution >= 4 is 22.3 Å². The van der Waals surface area contributed by atoms with Gasteiger partial charge in [0.25, 0.3) is 5.91 Å². The Bertz CT molecular complexity index is 578. The zero-order chi connectivity index (χ0) is 15.1. The Morgan fingerprint density at radius 1 is 1.52 bits per heavy atom. The van der Waals surface area contributed by atoms with Gasteiger partial charge in [-0.05, 0) is 12.5 Å². The summed E-state index contributed by atoms with van der Waals surface area (Å²) >= 11 is 0. The molecule has 1 fully saturated rings. The Balaban J connectivity index is 0.00000220. The first-order valence-corrected chi connectivity index (χ1v) is 6.84. The van der Waals surface area contributed by atoms with Crippen LogP contribution in [-0.2, 0) is 24.3 Å². The molecule has 0 aromatic carbocycles. The van der Waals surface area contributed by atoms with Crippen LogP contribution >= 0.6 is 0 Å². The van der Waals surface area contributed by atoms with Gasteiger partial charge in [0.1, 0.15) is 6.04 Å². The summed E-state index contributed by atoms with van der Waals surface area (Å²) in [5.74, 6) is -0.583. The number of nitrogens with zero attached hydrogens (tertiary/aromatic N) is 2. The largest absolute Gasteiger partial charge is 1.00 e. The first-order chi connectivity index (χ1) is 9.24. The molecule has 2 heterocycles. The number of carbonyl (C=O) groups is 2. The Morgan fingerprint density at radius 2 is 2.14 bits per heavy atom. The number of nitrogens with one attached hydrogen (secondary N) is 1. The molecular formula is C9H12N3NaO7S. The molecule has 3 amide bonds. The van der Waals surface area contributed by atoms with Gasteiger partial charge in [-0.15, -0.1) is 0 Å². The fourth-order valence-corrected chi connectivity index (χ4v) is 2.66. The van der Waals surface area contributed by atoms with Crippen molar-refractivity contribution in [2.24, 2.45) is 0 Å². The molecule has 0 saturated carbocycles. The molecule has 12 heteroatoms. The first kappa shape index (κ1) is 18.4. The van der Waals surface area contributed by atoms with Crippen molar-refractivity contribution in [1.29, 1.82) is 0 Å². The molecule has 0 aromatic rings. The molecule has 0 radical (unpaired) electrons. The molecule has 21 heavy (non-hydrogen) atoms. The smallest absolute Gasteiger partial charge is 0.724 e. The molecule has 2 bridgehead atoms. The number of hydrogen-bond donors (Lipinski definition) is 1. The number of carbonyl (C=O) groups excluding carboxylic acids is 2. The van der Waals surface area contributed by atoms with E-state index in [1.165, 1.54) is 13.2 Å². The quantitative estimate of drug-likeness (QED) is 0.181. The van der Waals surface area contributed by atoms with Crippen LogP contribution in [0.3, 0.4) is 0 Å². The molecule has 2 aliphatic heterocycles. The third-order valence-corrected chi connectivity index (χ3v) is 3.28. The first-order valence-electron chi connectivity index (χ1n) is 5.51. The minimum atomic E-state index is -5.07. The Hall–Kier alpha value is -0.690. The summed E-state index contributed by atoms with van der Waals surface area (Å²) in [7, 11) is -3.83. The topological polar surface area (TPSA) is 128 Å². The van der Waals surface area contributed by atoms with Gasteiger partial charge < -0.3 is 9.45 Å². The minimum absolute atomic E-state index is 0. The molecular weight excluding hydrogens is 317 g/mol. The van der Waals surface area contributed by atoms with Crippen LogP contribution in [-0.4, -0.2) is 60.6 Å². The zero-order valence-electron chi connectivity index (χ0n) is 11.6. The molecule has 2 aliphatic rings. The molecule has 0 unspecified atom stereocenters. The molecule has 1 N–H and O–H groups in total. The third-order valence-electron chi connectivity index (χ3n) is 2.94. The van der Waals surface area contributed by atoms with Gasteiger partial charge in [0.15, 0.2) is 0 Å². The second kappa shape index (κ2) is 6.60. The van der Waals surface area contributed by atoms with Gasteiger partial charge in [-0.2, -0.15) is 9.35 Å². The standard InChI is InChI=1S/C9H13N3O7S.Na/c1-5-3-6-4-11(7(5)8(13)10-18-2)9(14)12(6)19-20(15,16)17;/h3,6-7H,4H2,1-2H3,(H,10,13)(H,15,16,17);/q;+1/p-1/t6-,7+;/m1./s1. The molecule has 0 aliphatic carbocycles. The molecule has 112 valence electrons. The fraction of sp³-hybridized carbons (Fsp3) is 0.556. The van der Waals surface area contributed by atoms with Crippen LogP contribution in [0.1, 0.15) is 6.92 Å². The monoisotopic (exact) mass is 329 g/mol. The van der Waals surface area contributed by atoms with E-state index in [4.69, 9.17) is 0 Å². The molecule has 0 spiro atoms. The SMILES string of the molecule is CONC(=O)[C@@H]1C(C)=C[C@@H]2CN1C(=O)N2OS(=O)(=O)[O-].[Na+]. The predicted octanol–water partition coefficient (Wildman–Crippen LogP) is -4.51. The van der Waals surface area contributed by atoms with Crippen LogP contribution < -0.4 is 35.0 Å². The van der Waals surface area contributed by atoms with Crippen molar-refractivity contribution in [2.75, 3.05) is 13.7 Å². The fourth-order valence-electron chi connectivity index (χ4n) is 2.29. The summed E-state index contributed by atoms with van der Waals surface area (Å²) in [4.78, 5) is 29.4. The van der Waals surface area contributed by atoms with Crippen LogP contribution in [0.4, 0.5) is 4.79 Å². The number of rotatable bonds is 4.